The molecule has 1 heterocycles. The Kier molecular flexibility index (Phi) is 6.20. The van der Waals surface area contributed by atoms with Crippen LogP contribution in [0.4, 0.5) is 10.8 Å². The molecule has 146 valence electrons. The van der Waals surface area contributed by atoms with Gasteiger partial charge in [0.15, 0.2) is 10.1 Å². The molecular weight excluding hydrogens is 386 g/mol. The molecular formula is C22H25N3OS2. The van der Waals surface area contributed by atoms with Crippen LogP contribution in [0, 0.1) is 13.8 Å². The fourth-order valence-corrected chi connectivity index (χ4v) is 4.29. The molecule has 2 aromatic carbocycles. The van der Waals surface area contributed by atoms with E-state index in [1.165, 1.54) is 39.8 Å². The smallest absolute Gasteiger partial charge is 0.210 e. The number of thioether (sulfide) groups is 1. The highest BCUT2D eigenvalue weighted by Crippen LogP contribution is 2.29. The predicted octanol–water partition coefficient (Wildman–Crippen LogP) is 6.17. The van der Waals surface area contributed by atoms with Gasteiger partial charge in [-0.2, -0.15) is 0 Å². The molecule has 0 unspecified atom stereocenters. The van der Waals surface area contributed by atoms with Crippen molar-refractivity contribution in [3.63, 3.8) is 0 Å². The Morgan fingerprint density at radius 2 is 1.75 bits per heavy atom. The SMILES string of the molecule is Cc1ccc(Nc2nnc(SCC(=O)c3ccc(C(C)(C)C)cc3)s2)cc1C. The average Bonchev–Trinajstić information content (AvgIpc) is 3.09. The molecule has 0 radical (unpaired) electrons. The Hall–Kier alpha value is -2.18. The molecule has 3 aromatic rings. The van der Waals surface area contributed by atoms with Gasteiger partial charge in [-0.1, -0.05) is 74.2 Å². The van der Waals surface area contributed by atoms with Crippen molar-refractivity contribution < 1.29 is 4.79 Å². The zero-order valence-electron chi connectivity index (χ0n) is 16.9. The third-order valence-corrected chi connectivity index (χ3v) is 6.54. The first-order valence-electron chi connectivity index (χ1n) is 9.17. The molecule has 28 heavy (non-hydrogen) atoms. The number of nitrogens with one attached hydrogen (secondary N) is 1. The lowest BCUT2D eigenvalue weighted by molar-refractivity contribution is 0.102. The minimum Gasteiger partial charge on any atom is -0.330 e. The number of ketones is 1. The van der Waals surface area contributed by atoms with E-state index in [1.54, 1.807) is 0 Å². The van der Waals surface area contributed by atoms with Crippen LogP contribution in [0.15, 0.2) is 46.8 Å². The molecule has 4 nitrogen and oxygen atoms in total. The first-order chi connectivity index (χ1) is 13.2. The lowest BCUT2D eigenvalue weighted by Gasteiger charge is -2.18. The molecule has 6 heteroatoms. The molecule has 0 aliphatic heterocycles. The van der Waals surface area contributed by atoms with Crippen molar-refractivity contribution in [1.29, 1.82) is 0 Å². The van der Waals surface area contributed by atoms with E-state index < -0.39 is 0 Å². The van der Waals surface area contributed by atoms with Crippen LogP contribution in [-0.2, 0) is 5.41 Å². The first kappa shape index (κ1) is 20.6. The summed E-state index contributed by atoms with van der Waals surface area (Å²) in [5.74, 6) is 0.456. The summed E-state index contributed by atoms with van der Waals surface area (Å²) in [4.78, 5) is 12.5. The van der Waals surface area contributed by atoms with Gasteiger partial charge in [-0.25, -0.2) is 0 Å². The van der Waals surface area contributed by atoms with Gasteiger partial charge in [0.25, 0.3) is 0 Å². The molecule has 0 aliphatic rings. The number of nitrogens with zero attached hydrogens (tertiary/aromatic N) is 2. The predicted molar refractivity (Wildman–Crippen MR) is 119 cm³/mol. The molecule has 0 bridgehead atoms. The second-order valence-corrected chi connectivity index (χ2v) is 10.0. The van der Waals surface area contributed by atoms with E-state index in [1.807, 2.05) is 30.3 Å². The molecule has 3 rings (SSSR count). The molecule has 1 aromatic heterocycles. The van der Waals surface area contributed by atoms with E-state index in [0.29, 0.717) is 5.75 Å². The first-order valence-corrected chi connectivity index (χ1v) is 11.0. The monoisotopic (exact) mass is 411 g/mol. The van der Waals surface area contributed by atoms with Gasteiger partial charge in [0.2, 0.25) is 5.13 Å². The van der Waals surface area contributed by atoms with Crippen LogP contribution in [0.25, 0.3) is 0 Å². The van der Waals surface area contributed by atoms with Crippen LogP contribution in [0.3, 0.4) is 0 Å². The van der Waals surface area contributed by atoms with Gasteiger partial charge in [0.05, 0.1) is 5.75 Å². The summed E-state index contributed by atoms with van der Waals surface area (Å²) in [6, 6.07) is 14.1. The van der Waals surface area contributed by atoms with Crippen molar-refractivity contribution in [2.24, 2.45) is 0 Å². The van der Waals surface area contributed by atoms with E-state index in [2.05, 4.69) is 62.3 Å². The third kappa shape index (κ3) is 5.20. The zero-order valence-corrected chi connectivity index (χ0v) is 18.5. The lowest BCUT2D eigenvalue weighted by atomic mass is 9.86. The molecule has 0 aliphatic carbocycles. The average molecular weight is 412 g/mol. The number of hydrogen-bond donors (Lipinski definition) is 1. The van der Waals surface area contributed by atoms with Crippen molar-refractivity contribution in [3.8, 4) is 0 Å². The van der Waals surface area contributed by atoms with Gasteiger partial charge in [-0.15, -0.1) is 10.2 Å². The molecule has 0 fully saturated rings. The van der Waals surface area contributed by atoms with Gasteiger partial charge < -0.3 is 5.32 Å². The van der Waals surface area contributed by atoms with Crippen molar-refractivity contribution in [2.45, 2.75) is 44.4 Å². The van der Waals surface area contributed by atoms with Gasteiger partial charge in [0, 0.05) is 11.3 Å². The molecule has 0 amide bonds. The van der Waals surface area contributed by atoms with Crippen LogP contribution in [-0.4, -0.2) is 21.7 Å². The summed E-state index contributed by atoms with van der Waals surface area (Å²) in [5, 5.41) is 12.4. The number of aryl methyl sites for hydroxylation is 2. The number of benzene rings is 2. The topological polar surface area (TPSA) is 54.9 Å². The molecule has 0 atom stereocenters. The summed E-state index contributed by atoms with van der Waals surface area (Å²) < 4.78 is 0.783. The van der Waals surface area contributed by atoms with Gasteiger partial charge >= 0.3 is 0 Å². The number of carbonyl (C=O) groups excluding carboxylic acids is 1. The highest BCUT2D eigenvalue weighted by molar-refractivity contribution is 8.01. The van der Waals surface area contributed by atoms with Gasteiger partial charge in [-0.3, -0.25) is 4.79 Å². The Morgan fingerprint density at radius 3 is 2.39 bits per heavy atom. The standard InChI is InChI=1S/C22H25N3OS2/c1-14-6-11-18(12-15(14)2)23-20-24-25-21(28-20)27-13-19(26)16-7-9-17(10-8-16)22(3,4)5/h6-12H,13H2,1-5H3,(H,23,24). The second kappa shape index (κ2) is 8.45. The van der Waals surface area contributed by atoms with Gasteiger partial charge in [0.1, 0.15) is 0 Å². The second-order valence-electron chi connectivity index (χ2n) is 7.84. The lowest BCUT2D eigenvalue weighted by Crippen LogP contribution is -2.11. The van der Waals surface area contributed by atoms with E-state index >= 15 is 0 Å². The molecule has 0 saturated heterocycles. The number of carbonyl (C=O) groups is 1. The van der Waals surface area contributed by atoms with Crippen molar-refractivity contribution >= 4 is 39.7 Å². The maximum atomic E-state index is 12.5. The van der Waals surface area contributed by atoms with Crippen molar-refractivity contribution in [1.82, 2.24) is 10.2 Å². The van der Waals surface area contributed by atoms with Crippen LogP contribution >= 0.6 is 23.1 Å². The molecule has 0 saturated carbocycles. The number of Topliss-reactive ketones (excluding diaryl/α,β-unsaturated/α-hetero) is 1. The minimum absolute atomic E-state index is 0.0856. The number of hydrogen-bond acceptors (Lipinski definition) is 6. The summed E-state index contributed by atoms with van der Waals surface area (Å²) in [6.07, 6.45) is 0. The minimum atomic E-state index is 0.0856. The largest absolute Gasteiger partial charge is 0.330 e. The maximum absolute atomic E-state index is 12.5. The number of rotatable bonds is 6. The van der Waals surface area contributed by atoms with Crippen molar-refractivity contribution in [3.05, 3.63) is 64.7 Å². The highest BCUT2D eigenvalue weighted by Gasteiger charge is 2.15. The normalized spacial score (nSPS) is 11.5. The Labute approximate surface area is 174 Å². The third-order valence-electron chi connectivity index (χ3n) is 4.56. The van der Waals surface area contributed by atoms with E-state index in [-0.39, 0.29) is 11.2 Å². The zero-order chi connectivity index (χ0) is 20.3. The maximum Gasteiger partial charge on any atom is 0.210 e. The fraction of sp³-hybridized carbons (Fsp3) is 0.318. The van der Waals surface area contributed by atoms with E-state index in [9.17, 15) is 4.79 Å². The molecule has 1 N–H and O–H groups in total. The summed E-state index contributed by atoms with van der Waals surface area (Å²) in [5.41, 5.74) is 5.52. The van der Waals surface area contributed by atoms with E-state index in [0.717, 1.165) is 20.7 Å². The quantitative estimate of drug-likeness (QED) is 0.388. The summed E-state index contributed by atoms with van der Waals surface area (Å²) >= 11 is 2.88. The summed E-state index contributed by atoms with van der Waals surface area (Å²) in [7, 11) is 0. The number of aromatic nitrogens is 2. The van der Waals surface area contributed by atoms with Crippen LogP contribution in [0.1, 0.15) is 47.8 Å². The van der Waals surface area contributed by atoms with Crippen LogP contribution in [0.2, 0.25) is 0 Å². The summed E-state index contributed by atoms with van der Waals surface area (Å²) in [6.45, 7) is 10.7. The Bertz CT molecular complexity index is 972. The fourth-order valence-electron chi connectivity index (χ4n) is 2.63. The van der Waals surface area contributed by atoms with Crippen LogP contribution < -0.4 is 5.32 Å². The highest BCUT2D eigenvalue weighted by atomic mass is 32.2. The van der Waals surface area contributed by atoms with Crippen LogP contribution in [0.5, 0.6) is 0 Å². The Morgan fingerprint density at radius 1 is 1.04 bits per heavy atom. The molecule has 0 spiro atoms. The van der Waals surface area contributed by atoms with Crippen molar-refractivity contribution in [2.75, 3.05) is 11.1 Å². The van der Waals surface area contributed by atoms with E-state index in [4.69, 9.17) is 0 Å². The Balaban J connectivity index is 1.58. The van der Waals surface area contributed by atoms with Gasteiger partial charge in [-0.05, 0) is 48.1 Å². The number of anilines is 2.